The van der Waals surface area contributed by atoms with Crippen LogP contribution in [0.4, 0.5) is 0 Å². The molecule has 0 amide bonds. The van der Waals surface area contributed by atoms with Gasteiger partial charge in [-0.15, -0.1) is 0 Å². The van der Waals surface area contributed by atoms with Crippen LogP contribution < -0.4 is 0 Å². The number of rotatable bonds is 9. The van der Waals surface area contributed by atoms with Crippen molar-refractivity contribution in [2.45, 2.75) is 52.4 Å². The van der Waals surface area contributed by atoms with Crippen molar-refractivity contribution in [1.29, 1.82) is 0 Å². The molecule has 0 saturated carbocycles. The van der Waals surface area contributed by atoms with Crippen LogP contribution in [0.15, 0.2) is 0 Å². The Kier molecular flexibility index (Phi) is 7.60. The first-order valence-electron chi connectivity index (χ1n) is 5.85. The summed E-state index contributed by atoms with van der Waals surface area (Å²) < 4.78 is 0. The topological polar surface area (TPSA) is 74.6 Å². The maximum Gasteiger partial charge on any atom is 0.303 e. The van der Waals surface area contributed by atoms with Crippen LogP contribution in [0.5, 0.6) is 0 Å². The van der Waals surface area contributed by atoms with Crippen LogP contribution in [0.2, 0.25) is 0 Å². The zero-order chi connectivity index (χ0) is 12.6. The van der Waals surface area contributed by atoms with E-state index >= 15 is 0 Å². The number of carboxylic acid groups (broad SMARTS) is 2. The summed E-state index contributed by atoms with van der Waals surface area (Å²) in [7, 11) is 0. The van der Waals surface area contributed by atoms with Gasteiger partial charge in [-0.25, -0.2) is 0 Å². The second-order valence-corrected chi connectivity index (χ2v) is 4.68. The van der Waals surface area contributed by atoms with Crippen LogP contribution in [-0.2, 0) is 9.59 Å². The van der Waals surface area contributed by atoms with Gasteiger partial charge in [-0.1, -0.05) is 26.7 Å². The minimum Gasteiger partial charge on any atom is -0.481 e. The van der Waals surface area contributed by atoms with Crippen molar-refractivity contribution in [3.8, 4) is 0 Å². The quantitative estimate of drug-likeness (QED) is 0.597. The fourth-order valence-corrected chi connectivity index (χ4v) is 1.96. The van der Waals surface area contributed by atoms with E-state index in [1.54, 1.807) is 0 Å². The summed E-state index contributed by atoms with van der Waals surface area (Å²) in [6, 6.07) is 0. The van der Waals surface area contributed by atoms with Crippen LogP contribution in [0, 0.1) is 11.8 Å². The predicted molar refractivity (Wildman–Crippen MR) is 61.3 cm³/mol. The molecular weight excluding hydrogens is 208 g/mol. The van der Waals surface area contributed by atoms with Crippen LogP contribution in [0.1, 0.15) is 52.4 Å². The highest BCUT2D eigenvalue weighted by Crippen LogP contribution is 2.20. The Hall–Kier alpha value is -1.06. The van der Waals surface area contributed by atoms with E-state index in [0.717, 1.165) is 19.3 Å². The van der Waals surface area contributed by atoms with E-state index in [9.17, 15) is 9.59 Å². The lowest BCUT2D eigenvalue weighted by molar-refractivity contribution is -0.138. The highest BCUT2D eigenvalue weighted by Gasteiger charge is 2.12. The second kappa shape index (κ2) is 8.13. The average molecular weight is 230 g/mol. The Bertz CT molecular complexity index is 225. The van der Waals surface area contributed by atoms with Crippen LogP contribution >= 0.6 is 0 Å². The molecule has 0 aliphatic carbocycles. The molecule has 0 aromatic heterocycles. The number of hydrogen-bond acceptors (Lipinski definition) is 2. The molecule has 0 spiro atoms. The minimum atomic E-state index is -0.745. The Morgan fingerprint density at radius 3 is 2.12 bits per heavy atom. The van der Waals surface area contributed by atoms with Gasteiger partial charge in [0.2, 0.25) is 0 Å². The average Bonchev–Trinajstić information content (AvgIpc) is 2.10. The molecule has 0 fully saturated rings. The molecule has 0 radical (unpaired) electrons. The number of carbonyl (C=O) groups is 2. The molecule has 2 atom stereocenters. The summed E-state index contributed by atoms with van der Waals surface area (Å²) in [6.07, 6.45) is 3.97. The van der Waals surface area contributed by atoms with Gasteiger partial charge >= 0.3 is 11.9 Å². The minimum absolute atomic E-state index is 0.201. The number of hydrogen-bond donors (Lipinski definition) is 2. The number of carboxylic acids is 2. The third kappa shape index (κ3) is 9.49. The van der Waals surface area contributed by atoms with Crippen molar-refractivity contribution in [1.82, 2.24) is 0 Å². The largest absolute Gasteiger partial charge is 0.481 e. The molecule has 0 saturated heterocycles. The maximum atomic E-state index is 10.5. The molecule has 0 aliphatic rings. The van der Waals surface area contributed by atoms with E-state index in [0.29, 0.717) is 12.3 Å². The lowest BCUT2D eigenvalue weighted by Gasteiger charge is -2.15. The van der Waals surface area contributed by atoms with Gasteiger partial charge in [0.15, 0.2) is 0 Å². The van der Waals surface area contributed by atoms with E-state index < -0.39 is 11.9 Å². The summed E-state index contributed by atoms with van der Waals surface area (Å²) in [5.74, 6) is -0.812. The molecule has 94 valence electrons. The fourth-order valence-electron chi connectivity index (χ4n) is 1.96. The molecule has 2 N–H and O–H groups in total. The Morgan fingerprint density at radius 2 is 1.62 bits per heavy atom. The van der Waals surface area contributed by atoms with Gasteiger partial charge < -0.3 is 10.2 Å². The van der Waals surface area contributed by atoms with Crippen LogP contribution in [0.25, 0.3) is 0 Å². The second-order valence-electron chi connectivity index (χ2n) is 4.68. The van der Waals surface area contributed by atoms with Gasteiger partial charge in [-0.3, -0.25) is 9.59 Å². The molecule has 0 heterocycles. The Morgan fingerprint density at radius 1 is 1.00 bits per heavy atom. The van der Waals surface area contributed by atoms with Crippen LogP contribution in [-0.4, -0.2) is 22.2 Å². The zero-order valence-corrected chi connectivity index (χ0v) is 10.1. The monoisotopic (exact) mass is 230 g/mol. The van der Waals surface area contributed by atoms with E-state index in [-0.39, 0.29) is 18.8 Å². The van der Waals surface area contributed by atoms with E-state index in [1.807, 2.05) is 6.92 Å². The SMILES string of the molecule is CC(CCCCC(=O)O)CC(C)CC(=O)O. The predicted octanol–water partition coefficient (Wildman–Crippen LogP) is 2.77. The van der Waals surface area contributed by atoms with Crippen molar-refractivity contribution < 1.29 is 19.8 Å². The van der Waals surface area contributed by atoms with Gasteiger partial charge in [0.25, 0.3) is 0 Å². The first-order chi connectivity index (χ1) is 7.41. The summed E-state index contributed by atoms with van der Waals surface area (Å²) in [5, 5.41) is 17.1. The van der Waals surface area contributed by atoms with Crippen molar-refractivity contribution in [3.63, 3.8) is 0 Å². The molecule has 4 heteroatoms. The number of aliphatic carboxylic acids is 2. The summed E-state index contributed by atoms with van der Waals surface area (Å²) >= 11 is 0. The molecule has 0 aromatic carbocycles. The molecule has 16 heavy (non-hydrogen) atoms. The molecule has 0 bridgehead atoms. The van der Waals surface area contributed by atoms with Gasteiger partial charge in [-0.05, 0) is 24.7 Å². The third-order valence-electron chi connectivity index (χ3n) is 2.67. The highest BCUT2D eigenvalue weighted by molar-refractivity contribution is 5.67. The summed E-state index contributed by atoms with van der Waals surface area (Å²) in [6.45, 7) is 4.04. The van der Waals surface area contributed by atoms with Crippen molar-refractivity contribution >= 4 is 11.9 Å². The fraction of sp³-hybridized carbons (Fsp3) is 0.833. The lowest BCUT2D eigenvalue weighted by Crippen LogP contribution is -2.08. The highest BCUT2D eigenvalue weighted by atomic mass is 16.4. The molecular formula is C12H22O4. The maximum absolute atomic E-state index is 10.5. The van der Waals surface area contributed by atoms with Crippen molar-refractivity contribution in [2.75, 3.05) is 0 Å². The molecule has 0 rings (SSSR count). The van der Waals surface area contributed by atoms with Crippen molar-refractivity contribution in [2.24, 2.45) is 11.8 Å². The molecule has 0 aliphatic heterocycles. The molecule has 4 nitrogen and oxygen atoms in total. The first kappa shape index (κ1) is 14.9. The van der Waals surface area contributed by atoms with E-state index in [1.165, 1.54) is 0 Å². The smallest absolute Gasteiger partial charge is 0.303 e. The number of unbranched alkanes of at least 4 members (excludes halogenated alkanes) is 1. The van der Waals surface area contributed by atoms with E-state index in [4.69, 9.17) is 10.2 Å². The molecule has 2 unspecified atom stereocenters. The standard InChI is InChI=1S/C12H22O4/c1-9(5-3-4-6-11(13)14)7-10(2)8-12(15)16/h9-10H,3-8H2,1-2H3,(H,13,14)(H,15,16). The van der Waals surface area contributed by atoms with Gasteiger partial charge in [0, 0.05) is 12.8 Å². The van der Waals surface area contributed by atoms with Crippen LogP contribution in [0.3, 0.4) is 0 Å². The zero-order valence-electron chi connectivity index (χ0n) is 10.1. The lowest BCUT2D eigenvalue weighted by atomic mass is 9.91. The Balaban J connectivity index is 3.53. The third-order valence-corrected chi connectivity index (χ3v) is 2.67. The van der Waals surface area contributed by atoms with E-state index in [2.05, 4.69) is 6.92 Å². The summed E-state index contributed by atoms with van der Waals surface area (Å²) in [4.78, 5) is 20.7. The van der Waals surface area contributed by atoms with Gasteiger partial charge in [0.05, 0.1) is 0 Å². The normalized spacial score (nSPS) is 14.4. The van der Waals surface area contributed by atoms with Gasteiger partial charge in [0.1, 0.15) is 0 Å². The molecule has 0 aromatic rings. The summed E-state index contributed by atoms with van der Waals surface area (Å²) in [5.41, 5.74) is 0. The van der Waals surface area contributed by atoms with Crippen molar-refractivity contribution in [3.05, 3.63) is 0 Å². The first-order valence-corrected chi connectivity index (χ1v) is 5.85. The Labute approximate surface area is 96.7 Å². The van der Waals surface area contributed by atoms with Gasteiger partial charge in [-0.2, -0.15) is 0 Å².